The van der Waals surface area contributed by atoms with Crippen molar-refractivity contribution < 1.29 is 19.4 Å². The van der Waals surface area contributed by atoms with Crippen LogP contribution in [-0.2, 0) is 0 Å². The first-order valence-electron chi connectivity index (χ1n) is 6.78. The lowest BCUT2D eigenvalue weighted by atomic mass is 10.1. The molecule has 0 aromatic heterocycles. The van der Waals surface area contributed by atoms with Crippen molar-refractivity contribution in [1.29, 1.82) is 0 Å². The van der Waals surface area contributed by atoms with Gasteiger partial charge in [0.2, 0.25) is 0 Å². The summed E-state index contributed by atoms with van der Waals surface area (Å²) in [5.41, 5.74) is 2.23. The predicted octanol–water partition coefficient (Wildman–Crippen LogP) is 3.61. The second-order valence-corrected chi connectivity index (χ2v) is 4.87. The van der Waals surface area contributed by atoms with Crippen molar-refractivity contribution in [3.8, 4) is 17.2 Å². The fourth-order valence-corrected chi connectivity index (χ4v) is 2.09. The lowest BCUT2D eigenvalue weighted by Gasteiger charge is -2.05. The maximum atomic E-state index is 12.2. The first kappa shape index (κ1) is 15.6. The number of hydrogen-bond acceptors (Lipinski definition) is 4. The minimum Gasteiger partial charge on any atom is -0.504 e. The molecule has 4 heteroatoms. The highest BCUT2D eigenvalue weighted by Gasteiger charge is 2.06. The number of rotatable bonds is 5. The van der Waals surface area contributed by atoms with Gasteiger partial charge < -0.3 is 14.6 Å². The molecule has 114 valence electrons. The van der Waals surface area contributed by atoms with E-state index in [0.29, 0.717) is 22.6 Å². The first-order chi connectivity index (χ1) is 10.5. The molecule has 0 atom stereocenters. The Morgan fingerprint density at radius 1 is 1.09 bits per heavy atom. The van der Waals surface area contributed by atoms with E-state index in [1.807, 2.05) is 13.0 Å². The van der Waals surface area contributed by atoms with Crippen molar-refractivity contribution in [3.63, 3.8) is 0 Å². The van der Waals surface area contributed by atoms with Crippen LogP contribution in [0.2, 0.25) is 0 Å². The van der Waals surface area contributed by atoms with Crippen LogP contribution < -0.4 is 9.47 Å². The van der Waals surface area contributed by atoms with Gasteiger partial charge in [0.15, 0.2) is 17.3 Å². The molecule has 0 fully saturated rings. The molecule has 0 saturated heterocycles. The van der Waals surface area contributed by atoms with Crippen LogP contribution in [0.5, 0.6) is 17.2 Å². The Bertz CT molecular complexity index is 717. The molecule has 4 nitrogen and oxygen atoms in total. The summed E-state index contributed by atoms with van der Waals surface area (Å²) in [6.07, 6.45) is 3.12. The van der Waals surface area contributed by atoms with Crippen molar-refractivity contribution in [2.24, 2.45) is 0 Å². The second-order valence-electron chi connectivity index (χ2n) is 4.87. The van der Waals surface area contributed by atoms with Gasteiger partial charge in [-0.2, -0.15) is 0 Å². The Kier molecular flexibility index (Phi) is 4.84. The van der Waals surface area contributed by atoms with Crippen molar-refractivity contribution in [2.45, 2.75) is 6.92 Å². The maximum absolute atomic E-state index is 12.2. The molecule has 0 spiro atoms. The van der Waals surface area contributed by atoms with Gasteiger partial charge in [0.25, 0.3) is 0 Å². The summed E-state index contributed by atoms with van der Waals surface area (Å²) in [5, 5.41) is 9.72. The van der Waals surface area contributed by atoms with Gasteiger partial charge >= 0.3 is 0 Å². The number of allylic oxidation sites excluding steroid dienone is 1. The third kappa shape index (κ3) is 3.67. The number of carbonyl (C=O) groups excluding carboxylic acids is 1. The number of aromatic hydroxyl groups is 1. The fraction of sp³-hybridized carbons (Fsp3) is 0.167. The van der Waals surface area contributed by atoms with Crippen LogP contribution in [0.3, 0.4) is 0 Å². The van der Waals surface area contributed by atoms with E-state index in [1.54, 1.807) is 43.5 Å². The Morgan fingerprint density at radius 2 is 1.86 bits per heavy atom. The van der Waals surface area contributed by atoms with Gasteiger partial charge in [-0.05, 0) is 54.5 Å². The summed E-state index contributed by atoms with van der Waals surface area (Å²) < 4.78 is 10.1. The fourth-order valence-electron chi connectivity index (χ4n) is 2.09. The van der Waals surface area contributed by atoms with E-state index in [2.05, 4.69) is 0 Å². The van der Waals surface area contributed by atoms with E-state index in [0.717, 1.165) is 5.56 Å². The Balaban J connectivity index is 2.21. The third-order valence-corrected chi connectivity index (χ3v) is 3.20. The highest BCUT2D eigenvalue weighted by Crippen LogP contribution is 2.26. The number of methoxy groups -OCH3 is 2. The largest absolute Gasteiger partial charge is 0.504 e. The van der Waals surface area contributed by atoms with E-state index >= 15 is 0 Å². The molecule has 0 radical (unpaired) electrons. The molecule has 0 heterocycles. The predicted molar refractivity (Wildman–Crippen MR) is 85.8 cm³/mol. The average molecular weight is 298 g/mol. The molecule has 22 heavy (non-hydrogen) atoms. The van der Waals surface area contributed by atoms with Crippen molar-refractivity contribution in [1.82, 2.24) is 0 Å². The number of phenols is 1. The highest BCUT2D eigenvalue weighted by molar-refractivity contribution is 6.07. The number of benzene rings is 2. The molecule has 2 rings (SSSR count). The monoisotopic (exact) mass is 298 g/mol. The summed E-state index contributed by atoms with van der Waals surface area (Å²) in [7, 11) is 3.05. The van der Waals surface area contributed by atoms with Gasteiger partial charge in [0.1, 0.15) is 5.75 Å². The third-order valence-electron chi connectivity index (χ3n) is 3.20. The van der Waals surface area contributed by atoms with Crippen molar-refractivity contribution in [3.05, 3.63) is 59.2 Å². The zero-order chi connectivity index (χ0) is 16.1. The minimum atomic E-state index is -0.127. The molecule has 1 N–H and O–H groups in total. The lowest BCUT2D eigenvalue weighted by molar-refractivity contribution is 0.104. The second kappa shape index (κ2) is 6.80. The SMILES string of the molecule is COc1cc(C)cc(C(=O)/C=C/c2ccc(OC)c(O)c2)c1. The summed E-state index contributed by atoms with van der Waals surface area (Å²) in [5.74, 6) is 0.956. The summed E-state index contributed by atoms with van der Waals surface area (Å²) in [4.78, 5) is 12.2. The number of ether oxygens (including phenoxy) is 2. The Hall–Kier alpha value is -2.75. The number of aryl methyl sites for hydroxylation is 1. The molecule has 0 saturated carbocycles. The van der Waals surface area contributed by atoms with E-state index in [1.165, 1.54) is 13.2 Å². The van der Waals surface area contributed by atoms with Crippen LogP contribution in [0.15, 0.2) is 42.5 Å². The van der Waals surface area contributed by atoms with Gasteiger partial charge in [0.05, 0.1) is 14.2 Å². The van der Waals surface area contributed by atoms with Crippen LogP contribution in [0.25, 0.3) is 6.08 Å². The van der Waals surface area contributed by atoms with Crippen molar-refractivity contribution in [2.75, 3.05) is 14.2 Å². The zero-order valence-electron chi connectivity index (χ0n) is 12.8. The van der Waals surface area contributed by atoms with Crippen LogP contribution >= 0.6 is 0 Å². The van der Waals surface area contributed by atoms with Gasteiger partial charge in [-0.25, -0.2) is 0 Å². The number of ketones is 1. The smallest absolute Gasteiger partial charge is 0.185 e. The maximum Gasteiger partial charge on any atom is 0.185 e. The molecule has 2 aromatic carbocycles. The molecule has 0 aliphatic heterocycles. The van der Waals surface area contributed by atoms with Gasteiger partial charge in [-0.1, -0.05) is 12.1 Å². The Morgan fingerprint density at radius 3 is 2.50 bits per heavy atom. The van der Waals surface area contributed by atoms with Crippen LogP contribution in [-0.4, -0.2) is 25.1 Å². The van der Waals surface area contributed by atoms with E-state index < -0.39 is 0 Å². The van der Waals surface area contributed by atoms with Crippen molar-refractivity contribution >= 4 is 11.9 Å². The molecular formula is C18H18O4. The standard InChI is InChI=1S/C18H18O4/c1-12-8-14(11-15(9-12)21-2)16(19)6-4-13-5-7-18(22-3)17(20)10-13/h4-11,20H,1-3H3/b6-4+. The van der Waals surface area contributed by atoms with Gasteiger partial charge in [0, 0.05) is 5.56 Å². The van der Waals surface area contributed by atoms with E-state index in [9.17, 15) is 9.90 Å². The minimum absolute atomic E-state index is 0.0364. The first-order valence-corrected chi connectivity index (χ1v) is 6.78. The molecule has 0 aliphatic rings. The quantitative estimate of drug-likeness (QED) is 0.676. The summed E-state index contributed by atoms with van der Waals surface area (Å²) in [6, 6.07) is 10.3. The van der Waals surface area contributed by atoms with E-state index in [4.69, 9.17) is 9.47 Å². The van der Waals surface area contributed by atoms with E-state index in [-0.39, 0.29) is 11.5 Å². The molecule has 0 amide bonds. The van der Waals surface area contributed by atoms with Gasteiger partial charge in [-0.15, -0.1) is 0 Å². The molecule has 0 aliphatic carbocycles. The highest BCUT2D eigenvalue weighted by atomic mass is 16.5. The lowest BCUT2D eigenvalue weighted by Crippen LogP contribution is -1.96. The number of carbonyl (C=O) groups is 1. The number of phenolic OH excluding ortho intramolecular Hbond substituents is 1. The molecule has 0 bridgehead atoms. The molecular weight excluding hydrogens is 280 g/mol. The average Bonchev–Trinajstić information content (AvgIpc) is 2.52. The molecule has 2 aromatic rings. The van der Waals surface area contributed by atoms with Crippen LogP contribution in [0, 0.1) is 6.92 Å². The number of hydrogen-bond donors (Lipinski definition) is 1. The Labute approximate surface area is 129 Å². The van der Waals surface area contributed by atoms with Gasteiger partial charge in [-0.3, -0.25) is 4.79 Å². The summed E-state index contributed by atoms with van der Waals surface area (Å²) >= 11 is 0. The van der Waals surface area contributed by atoms with Crippen LogP contribution in [0.4, 0.5) is 0 Å². The topological polar surface area (TPSA) is 55.8 Å². The van der Waals surface area contributed by atoms with Crippen LogP contribution in [0.1, 0.15) is 21.5 Å². The summed E-state index contributed by atoms with van der Waals surface area (Å²) in [6.45, 7) is 1.91. The zero-order valence-corrected chi connectivity index (χ0v) is 12.8. The normalized spacial score (nSPS) is 10.7. The molecule has 0 unspecified atom stereocenters.